The molecule has 2 nitrogen and oxygen atoms in total. The zero-order valence-electron chi connectivity index (χ0n) is 20.6. The van der Waals surface area contributed by atoms with Crippen LogP contribution in [-0.2, 0) is 0 Å². The maximum atomic E-state index is 6.52. The lowest BCUT2D eigenvalue weighted by atomic mass is 10.1. The van der Waals surface area contributed by atoms with Crippen molar-refractivity contribution in [3.8, 4) is 16.8 Å². The molecule has 0 saturated heterocycles. The summed E-state index contributed by atoms with van der Waals surface area (Å²) < 4.78 is 13.0. The summed E-state index contributed by atoms with van der Waals surface area (Å²) in [6.07, 6.45) is 7.01. The molecular weight excluding hydrogens is 423 g/mol. The maximum Gasteiger partial charge on any atom is 0.134 e. The molecule has 3 aromatic carbocycles. The minimum absolute atomic E-state index is 0.745. The Labute approximate surface area is 200 Å². The molecule has 0 fully saturated rings. The van der Waals surface area contributed by atoms with Crippen LogP contribution in [0.25, 0.3) is 26.3 Å². The predicted molar refractivity (Wildman–Crippen MR) is 145 cm³/mol. The van der Waals surface area contributed by atoms with E-state index >= 15 is 0 Å². The average molecular weight is 461 g/mol. The Morgan fingerprint density at radius 1 is 0.606 bits per heavy atom. The van der Waals surface area contributed by atoms with Crippen molar-refractivity contribution in [1.29, 1.82) is 0 Å². The highest BCUT2D eigenvalue weighted by Gasteiger charge is 2.22. The molecule has 0 amide bonds. The van der Waals surface area contributed by atoms with Gasteiger partial charge >= 0.3 is 0 Å². The fourth-order valence-electron chi connectivity index (χ4n) is 4.59. The van der Waals surface area contributed by atoms with Gasteiger partial charge in [-0.05, 0) is 53.9 Å². The van der Waals surface area contributed by atoms with E-state index < -0.39 is 7.53 Å². The summed E-state index contributed by atoms with van der Waals surface area (Å²) in [5.74, 6) is 2.17. The van der Waals surface area contributed by atoms with Gasteiger partial charge in [-0.1, -0.05) is 102 Å². The first-order chi connectivity index (χ1) is 16.2. The number of unbranched alkanes of at least 4 members (excludes halogenated alkanes) is 4. The predicted octanol–water partition coefficient (Wildman–Crippen LogP) is 9.72. The minimum Gasteiger partial charge on any atom is -0.492 e. The van der Waals surface area contributed by atoms with E-state index in [0.717, 1.165) is 37.6 Å². The van der Waals surface area contributed by atoms with Gasteiger partial charge < -0.3 is 9.47 Å². The van der Waals surface area contributed by atoms with Gasteiger partial charge in [-0.25, -0.2) is 0 Å². The molecule has 0 unspecified atom stereocenters. The second-order valence-corrected chi connectivity index (χ2v) is 11.1. The van der Waals surface area contributed by atoms with Crippen LogP contribution in [-0.4, -0.2) is 13.2 Å². The van der Waals surface area contributed by atoms with Crippen LogP contribution in [0.4, 0.5) is 0 Å². The first-order valence-corrected chi connectivity index (χ1v) is 13.9. The summed E-state index contributed by atoms with van der Waals surface area (Å²) in [5, 5.41) is 6.72. The molecule has 0 atom stereocenters. The molecule has 0 aliphatic heterocycles. The second-order valence-electron chi connectivity index (χ2n) is 9.00. The minimum atomic E-state index is -0.745. The van der Waals surface area contributed by atoms with Crippen LogP contribution in [0.15, 0.2) is 54.6 Å². The summed E-state index contributed by atoms with van der Waals surface area (Å²) in [6.45, 7) is 10.4. The largest absolute Gasteiger partial charge is 0.492 e. The van der Waals surface area contributed by atoms with E-state index in [1.165, 1.54) is 63.1 Å². The third-order valence-electron chi connectivity index (χ3n) is 6.40. The van der Waals surface area contributed by atoms with Crippen LogP contribution >= 0.6 is 7.53 Å². The first-order valence-electron chi connectivity index (χ1n) is 12.6. The van der Waals surface area contributed by atoms with Crippen molar-refractivity contribution in [1.82, 2.24) is 0 Å². The van der Waals surface area contributed by atoms with Crippen LogP contribution in [0, 0.1) is 13.8 Å². The van der Waals surface area contributed by atoms with Crippen molar-refractivity contribution in [2.45, 2.75) is 66.2 Å². The van der Waals surface area contributed by atoms with Crippen LogP contribution in [0.5, 0.6) is 11.5 Å². The van der Waals surface area contributed by atoms with Crippen molar-refractivity contribution in [3.05, 3.63) is 65.7 Å². The lowest BCUT2D eigenvalue weighted by molar-refractivity contribution is 0.308. The molecular formula is C30H37O2P. The molecule has 0 aliphatic carbocycles. The lowest BCUT2D eigenvalue weighted by Crippen LogP contribution is -1.99. The highest BCUT2D eigenvalue weighted by molar-refractivity contribution is 7.68. The summed E-state index contributed by atoms with van der Waals surface area (Å²) in [4.78, 5) is 0. The van der Waals surface area contributed by atoms with Gasteiger partial charge in [0.25, 0.3) is 0 Å². The van der Waals surface area contributed by atoms with Gasteiger partial charge in [-0.15, -0.1) is 0 Å². The lowest BCUT2D eigenvalue weighted by Gasteiger charge is -2.15. The second kappa shape index (κ2) is 11.1. The molecule has 0 saturated carbocycles. The van der Waals surface area contributed by atoms with Crippen LogP contribution in [0.3, 0.4) is 0 Å². The molecule has 33 heavy (non-hydrogen) atoms. The van der Waals surface area contributed by atoms with Crippen molar-refractivity contribution in [2.24, 2.45) is 0 Å². The molecule has 3 heteroatoms. The Balaban J connectivity index is 1.96. The summed E-state index contributed by atoms with van der Waals surface area (Å²) in [5.41, 5.74) is 2.45. The van der Waals surface area contributed by atoms with E-state index in [1.807, 2.05) is 0 Å². The quantitative estimate of drug-likeness (QED) is 0.207. The topological polar surface area (TPSA) is 18.5 Å². The van der Waals surface area contributed by atoms with Gasteiger partial charge in [0.05, 0.1) is 13.2 Å². The third-order valence-corrected chi connectivity index (χ3v) is 8.99. The standard InChI is InChI=1S/C30H37O2P/c1-5-7-12-20-31-27-22(3)16-18-25-26-19-17-23(4)28(32-21-13-8-6-2)30(26)33(29(25)27)24-14-10-9-11-15-24/h9-11,14-19H,5-8,12-13,20-21H2,1-4H3. The zero-order chi connectivity index (χ0) is 23.2. The first kappa shape index (κ1) is 23.7. The van der Waals surface area contributed by atoms with Gasteiger partial charge in [-0.3, -0.25) is 0 Å². The van der Waals surface area contributed by atoms with Crippen LogP contribution < -0.4 is 9.47 Å². The molecule has 0 N–H and O–H groups in total. The van der Waals surface area contributed by atoms with Gasteiger partial charge in [-0.2, -0.15) is 0 Å². The number of aryl methyl sites for hydroxylation is 2. The van der Waals surface area contributed by atoms with E-state index in [2.05, 4.69) is 82.3 Å². The molecule has 0 radical (unpaired) electrons. The fourth-order valence-corrected chi connectivity index (χ4v) is 7.56. The van der Waals surface area contributed by atoms with E-state index in [0.29, 0.717) is 0 Å². The Hall–Kier alpha value is -2.44. The van der Waals surface area contributed by atoms with Crippen molar-refractivity contribution in [2.75, 3.05) is 13.2 Å². The monoisotopic (exact) mass is 460 g/mol. The smallest absolute Gasteiger partial charge is 0.134 e. The van der Waals surface area contributed by atoms with Crippen LogP contribution in [0.1, 0.15) is 63.5 Å². The summed E-state index contributed by atoms with van der Waals surface area (Å²) in [6, 6.07) is 20.0. The molecule has 0 aliphatic rings. The summed E-state index contributed by atoms with van der Waals surface area (Å²) in [7, 11) is -0.745. The molecule has 4 aromatic rings. The zero-order valence-corrected chi connectivity index (χ0v) is 21.5. The number of rotatable bonds is 11. The highest BCUT2D eigenvalue weighted by atomic mass is 31.1. The number of hydrogen-bond donors (Lipinski definition) is 0. The van der Waals surface area contributed by atoms with Gasteiger partial charge in [0.15, 0.2) is 0 Å². The van der Waals surface area contributed by atoms with Crippen LogP contribution in [0.2, 0.25) is 0 Å². The maximum absolute atomic E-state index is 6.52. The van der Waals surface area contributed by atoms with Crippen molar-refractivity contribution in [3.63, 3.8) is 0 Å². The average Bonchev–Trinajstić information content (AvgIpc) is 3.17. The molecule has 0 spiro atoms. The van der Waals surface area contributed by atoms with Gasteiger partial charge in [0, 0.05) is 10.2 Å². The highest BCUT2D eigenvalue weighted by Crippen LogP contribution is 2.61. The summed E-state index contributed by atoms with van der Waals surface area (Å²) >= 11 is 0. The number of fused-ring (bicyclic) bond motifs is 3. The normalized spacial score (nSPS) is 11.4. The molecule has 174 valence electrons. The van der Waals surface area contributed by atoms with E-state index in [1.54, 1.807) is 0 Å². The van der Waals surface area contributed by atoms with Gasteiger partial charge in [0.1, 0.15) is 11.5 Å². The van der Waals surface area contributed by atoms with E-state index in [9.17, 15) is 0 Å². The van der Waals surface area contributed by atoms with Gasteiger partial charge in [0.2, 0.25) is 0 Å². The van der Waals surface area contributed by atoms with E-state index in [-0.39, 0.29) is 0 Å². The van der Waals surface area contributed by atoms with Crippen molar-refractivity contribution < 1.29 is 9.47 Å². The van der Waals surface area contributed by atoms with Crippen molar-refractivity contribution >= 4 is 28.5 Å². The molecule has 1 heterocycles. The van der Waals surface area contributed by atoms with E-state index in [4.69, 9.17) is 9.47 Å². The Kier molecular flexibility index (Phi) is 7.99. The number of hydrogen-bond acceptors (Lipinski definition) is 2. The molecule has 1 aromatic heterocycles. The number of ether oxygens (including phenoxy) is 2. The molecule has 0 bridgehead atoms. The Bertz CT molecular complexity index is 1130. The SMILES string of the molecule is CCCCCOc1c(C)ccc2c3ccc(C)c(OCCCCC)c3p(-c3ccccc3)c12. The molecule has 4 rings (SSSR count). The Morgan fingerprint density at radius 2 is 1.09 bits per heavy atom. The fraction of sp³-hybridized carbons (Fsp3) is 0.400. The third kappa shape index (κ3) is 4.92. The Morgan fingerprint density at radius 3 is 1.55 bits per heavy atom. The number of benzene rings is 3.